The monoisotopic (exact) mass is 226 g/mol. The Morgan fingerprint density at radius 3 is 2.18 bits per heavy atom. The number of hydrogen-bond donors (Lipinski definition) is 2. The van der Waals surface area contributed by atoms with E-state index in [2.05, 4.69) is 25.1 Å². The minimum absolute atomic E-state index is 0.344. The largest absolute Gasteiger partial charge is 0.399 e. The van der Waals surface area contributed by atoms with E-state index in [1.165, 1.54) is 11.1 Å². The van der Waals surface area contributed by atoms with Gasteiger partial charge in [0, 0.05) is 17.3 Å². The van der Waals surface area contributed by atoms with Crippen LogP contribution in [0.25, 0.3) is 0 Å². The van der Waals surface area contributed by atoms with E-state index in [0.29, 0.717) is 5.92 Å². The summed E-state index contributed by atoms with van der Waals surface area (Å²) >= 11 is 0. The fourth-order valence-corrected chi connectivity index (χ4v) is 2.19. The van der Waals surface area contributed by atoms with Crippen molar-refractivity contribution in [2.45, 2.75) is 19.3 Å². The third-order valence-electron chi connectivity index (χ3n) is 3.12. The van der Waals surface area contributed by atoms with Gasteiger partial charge >= 0.3 is 0 Å². The number of nitrogen functional groups attached to an aromatic ring is 2. The first-order valence-electron chi connectivity index (χ1n) is 5.92. The predicted octanol–water partition coefficient (Wildman–Crippen LogP) is 3.39. The lowest BCUT2D eigenvalue weighted by Gasteiger charge is -2.18. The lowest BCUT2D eigenvalue weighted by Crippen LogP contribution is -2.03. The summed E-state index contributed by atoms with van der Waals surface area (Å²) in [5, 5.41) is 0. The summed E-state index contributed by atoms with van der Waals surface area (Å²) in [5.74, 6) is 0.344. The molecular weight excluding hydrogens is 208 g/mol. The highest BCUT2D eigenvalue weighted by Crippen LogP contribution is 2.31. The Hall–Kier alpha value is -1.96. The minimum Gasteiger partial charge on any atom is -0.399 e. The topological polar surface area (TPSA) is 52.0 Å². The smallest absolute Gasteiger partial charge is 0.0352 e. The minimum atomic E-state index is 0.344. The molecule has 0 fully saturated rings. The van der Waals surface area contributed by atoms with Crippen LogP contribution in [0.3, 0.4) is 0 Å². The standard InChI is InChI=1S/C15H18N2/c1-2-13(11-7-9-12(16)10-8-11)14-5-3-4-6-15(14)17/h3-10,13H,2,16-17H2,1H3. The molecule has 0 aliphatic heterocycles. The van der Waals surface area contributed by atoms with Crippen molar-refractivity contribution in [3.63, 3.8) is 0 Å². The summed E-state index contributed by atoms with van der Waals surface area (Å²) in [6.45, 7) is 2.17. The van der Waals surface area contributed by atoms with E-state index in [9.17, 15) is 0 Å². The Kier molecular flexibility index (Phi) is 3.33. The number of nitrogens with two attached hydrogens (primary N) is 2. The van der Waals surface area contributed by atoms with Crippen molar-refractivity contribution in [2.75, 3.05) is 11.5 Å². The summed E-state index contributed by atoms with van der Waals surface area (Å²) in [5.41, 5.74) is 15.9. The van der Waals surface area contributed by atoms with Gasteiger partial charge < -0.3 is 11.5 Å². The van der Waals surface area contributed by atoms with Gasteiger partial charge in [0.25, 0.3) is 0 Å². The lowest BCUT2D eigenvalue weighted by atomic mass is 9.88. The molecule has 2 heteroatoms. The highest BCUT2D eigenvalue weighted by atomic mass is 14.6. The van der Waals surface area contributed by atoms with Crippen LogP contribution in [0, 0.1) is 0 Å². The molecule has 1 atom stereocenters. The molecule has 0 aromatic heterocycles. The fraction of sp³-hybridized carbons (Fsp3) is 0.200. The van der Waals surface area contributed by atoms with E-state index in [4.69, 9.17) is 11.5 Å². The molecule has 2 aromatic carbocycles. The maximum atomic E-state index is 6.04. The Balaban J connectivity index is 2.40. The van der Waals surface area contributed by atoms with Gasteiger partial charge in [-0.15, -0.1) is 0 Å². The third kappa shape index (κ3) is 2.41. The van der Waals surface area contributed by atoms with Gasteiger partial charge in [-0.25, -0.2) is 0 Å². The second-order valence-electron chi connectivity index (χ2n) is 4.26. The van der Waals surface area contributed by atoms with Gasteiger partial charge in [0.1, 0.15) is 0 Å². The SMILES string of the molecule is CCC(c1ccc(N)cc1)c1ccccc1N. The molecule has 0 aliphatic rings. The van der Waals surface area contributed by atoms with Crippen molar-refractivity contribution < 1.29 is 0 Å². The van der Waals surface area contributed by atoms with E-state index in [0.717, 1.165) is 17.8 Å². The van der Waals surface area contributed by atoms with Crippen LogP contribution in [0.4, 0.5) is 11.4 Å². The molecule has 0 heterocycles. The van der Waals surface area contributed by atoms with Crippen molar-refractivity contribution >= 4 is 11.4 Å². The molecule has 0 radical (unpaired) electrons. The van der Waals surface area contributed by atoms with Crippen molar-refractivity contribution in [1.82, 2.24) is 0 Å². The number of benzene rings is 2. The first kappa shape index (κ1) is 11.5. The molecule has 0 spiro atoms. The summed E-state index contributed by atoms with van der Waals surface area (Å²) in [7, 11) is 0. The summed E-state index contributed by atoms with van der Waals surface area (Å²) in [6.07, 6.45) is 1.03. The van der Waals surface area contributed by atoms with E-state index >= 15 is 0 Å². The molecule has 0 amide bonds. The number of para-hydroxylation sites is 1. The van der Waals surface area contributed by atoms with Gasteiger partial charge in [0.15, 0.2) is 0 Å². The number of hydrogen-bond acceptors (Lipinski definition) is 2. The molecule has 0 saturated heterocycles. The van der Waals surface area contributed by atoms with Gasteiger partial charge in [-0.05, 0) is 35.7 Å². The van der Waals surface area contributed by atoms with Gasteiger partial charge in [-0.1, -0.05) is 37.3 Å². The van der Waals surface area contributed by atoms with Gasteiger partial charge in [0.05, 0.1) is 0 Å². The first-order valence-corrected chi connectivity index (χ1v) is 5.92. The summed E-state index contributed by atoms with van der Waals surface area (Å²) < 4.78 is 0. The Labute approximate surface area is 102 Å². The van der Waals surface area contributed by atoms with Gasteiger partial charge in [0.2, 0.25) is 0 Å². The van der Waals surface area contributed by atoms with E-state index < -0.39 is 0 Å². The highest BCUT2D eigenvalue weighted by Gasteiger charge is 2.13. The zero-order chi connectivity index (χ0) is 12.3. The third-order valence-corrected chi connectivity index (χ3v) is 3.12. The van der Waals surface area contributed by atoms with Crippen LogP contribution in [0.15, 0.2) is 48.5 Å². The van der Waals surface area contributed by atoms with E-state index in [-0.39, 0.29) is 0 Å². The molecule has 0 aliphatic carbocycles. The molecule has 2 rings (SSSR count). The van der Waals surface area contributed by atoms with E-state index in [1.54, 1.807) is 0 Å². The Bertz CT molecular complexity index is 489. The molecule has 2 aromatic rings. The molecular formula is C15H18N2. The quantitative estimate of drug-likeness (QED) is 0.788. The number of anilines is 2. The molecule has 4 N–H and O–H groups in total. The Morgan fingerprint density at radius 1 is 0.941 bits per heavy atom. The van der Waals surface area contributed by atoms with Gasteiger partial charge in [-0.3, -0.25) is 0 Å². The normalized spacial score (nSPS) is 12.3. The van der Waals surface area contributed by atoms with Crippen LogP contribution < -0.4 is 11.5 Å². The Morgan fingerprint density at radius 2 is 1.59 bits per heavy atom. The van der Waals surface area contributed by atoms with Crippen LogP contribution in [-0.2, 0) is 0 Å². The maximum absolute atomic E-state index is 6.04. The van der Waals surface area contributed by atoms with Crippen LogP contribution in [0.2, 0.25) is 0 Å². The van der Waals surface area contributed by atoms with Crippen LogP contribution in [-0.4, -0.2) is 0 Å². The van der Waals surface area contributed by atoms with Crippen molar-refractivity contribution in [3.8, 4) is 0 Å². The summed E-state index contributed by atoms with van der Waals surface area (Å²) in [4.78, 5) is 0. The molecule has 0 saturated carbocycles. The average Bonchev–Trinajstić information content (AvgIpc) is 2.35. The zero-order valence-corrected chi connectivity index (χ0v) is 10.1. The van der Waals surface area contributed by atoms with E-state index in [1.807, 2.05) is 30.3 Å². The van der Waals surface area contributed by atoms with Crippen molar-refractivity contribution in [1.29, 1.82) is 0 Å². The molecule has 88 valence electrons. The van der Waals surface area contributed by atoms with Crippen LogP contribution in [0.1, 0.15) is 30.4 Å². The molecule has 2 nitrogen and oxygen atoms in total. The molecule has 0 bridgehead atoms. The summed E-state index contributed by atoms with van der Waals surface area (Å²) in [6, 6.07) is 16.1. The van der Waals surface area contributed by atoms with Gasteiger partial charge in [-0.2, -0.15) is 0 Å². The van der Waals surface area contributed by atoms with Crippen LogP contribution in [0.5, 0.6) is 0 Å². The van der Waals surface area contributed by atoms with Crippen molar-refractivity contribution in [2.24, 2.45) is 0 Å². The second kappa shape index (κ2) is 4.91. The van der Waals surface area contributed by atoms with Crippen molar-refractivity contribution in [3.05, 3.63) is 59.7 Å². The molecule has 17 heavy (non-hydrogen) atoms. The molecule has 1 unspecified atom stereocenters. The first-order chi connectivity index (χ1) is 8.22. The second-order valence-corrected chi connectivity index (χ2v) is 4.26. The van der Waals surface area contributed by atoms with Crippen LogP contribution >= 0.6 is 0 Å². The highest BCUT2D eigenvalue weighted by molar-refractivity contribution is 5.52. The predicted molar refractivity (Wildman–Crippen MR) is 73.8 cm³/mol. The maximum Gasteiger partial charge on any atom is 0.0352 e. The average molecular weight is 226 g/mol. The zero-order valence-electron chi connectivity index (χ0n) is 10.1. The fourth-order valence-electron chi connectivity index (χ4n) is 2.19. The lowest BCUT2D eigenvalue weighted by molar-refractivity contribution is 0.780. The number of rotatable bonds is 3.